The van der Waals surface area contributed by atoms with E-state index >= 15 is 0 Å². The summed E-state index contributed by atoms with van der Waals surface area (Å²) in [6.45, 7) is 3.08. The van der Waals surface area contributed by atoms with Gasteiger partial charge < -0.3 is 14.2 Å². The van der Waals surface area contributed by atoms with Crippen LogP contribution in [0.5, 0.6) is 5.88 Å². The molecule has 4 rings (SSSR count). The highest BCUT2D eigenvalue weighted by molar-refractivity contribution is 5.48. The quantitative estimate of drug-likeness (QED) is 0.849. The second kappa shape index (κ2) is 6.18. The molecule has 122 valence electrons. The fourth-order valence-electron chi connectivity index (χ4n) is 3.44. The lowest BCUT2D eigenvalue weighted by molar-refractivity contribution is 0.390. The number of aromatic nitrogens is 4. The van der Waals surface area contributed by atoms with Crippen LogP contribution in [0.4, 0.5) is 5.82 Å². The van der Waals surface area contributed by atoms with Crippen LogP contribution in [0, 0.1) is 5.92 Å². The predicted octanol–water partition coefficient (Wildman–Crippen LogP) is 2.48. The Balaban J connectivity index is 1.44. The number of hydrogen-bond acceptors (Lipinski definition) is 5. The monoisotopic (exact) mass is 313 g/mol. The Labute approximate surface area is 136 Å². The Hall–Kier alpha value is -2.11. The number of ether oxygens (including phenoxy) is 1. The molecule has 0 N–H and O–H groups in total. The fourth-order valence-corrected chi connectivity index (χ4v) is 3.44. The maximum Gasteiger partial charge on any atom is 0.257 e. The van der Waals surface area contributed by atoms with E-state index in [-0.39, 0.29) is 0 Å². The summed E-state index contributed by atoms with van der Waals surface area (Å²) in [6, 6.07) is 0. The topological polar surface area (TPSA) is 56.1 Å². The molecule has 6 heteroatoms. The van der Waals surface area contributed by atoms with Gasteiger partial charge in [0.05, 0.1) is 7.11 Å². The fraction of sp³-hybridized carbons (Fsp3) is 0.588. The third kappa shape index (κ3) is 3.02. The number of hydrogen-bond donors (Lipinski definition) is 0. The van der Waals surface area contributed by atoms with Crippen LogP contribution in [0.25, 0.3) is 0 Å². The van der Waals surface area contributed by atoms with Crippen LogP contribution in [0.3, 0.4) is 0 Å². The van der Waals surface area contributed by atoms with Crippen LogP contribution in [-0.2, 0) is 6.54 Å². The highest BCUT2D eigenvalue weighted by Gasteiger charge is 2.28. The Bertz CT molecular complexity index is 659. The van der Waals surface area contributed by atoms with E-state index in [1.165, 1.54) is 18.7 Å². The van der Waals surface area contributed by atoms with Crippen LogP contribution < -0.4 is 9.64 Å². The predicted molar refractivity (Wildman–Crippen MR) is 87.7 cm³/mol. The molecule has 0 unspecified atom stereocenters. The van der Waals surface area contributed by atoms with E-state index in [0.29, 0.717) is 11.8 Å². The molecule has 2 aromatic rings. The van der Waals surface area contributed by atoms with E-state index in [1.54, 1.807) is 19.5 Å². The molecule has 0 atom stereocenters. The zero-order valence-corrected chi connectivity index (χ0v) is 13.6. The number of anilines is 1. The summed E-state index contributed by atoms with van der Waals surface area (Å²) in [7, 11) is 1.65. The lowest BCUT2D eigenvalue weighted by atomic mass is 9.96. The minimum absolute atomic E-state index is 0.544. The van der Waals surface area contributed by atoms with E-state index < -0.39 is 0 Å². The Morgan fingerprint density at radius 1 is 1.04 bits per heavy atom. The van der Waals surface area contributed by atoms with Gasteiger partial charge in [0.25, 0.3) is 5.88 Å². The molecular formula is C17H23N5O. The van der Waals surface area contributed by atoms with Gasteiger partial charge in [-0.3, -0.25) is 0 Å². The van der Waals surface area contributed by atoms with Gasteiger partial charge in [0.15, 0.2) is 5.82 Å². The van der Waals surface area contributed by atoms with Gasteiger partial charge in [0.2, 0.25) is 0 Å². The first-order valence-corrected chi connectivity index (χ1v) is 8.46. The van der Waals surface area contributed by atoms with Gasteiger partial charge in [0.1, 0.15) is 5.82 Å². The summed E-state index contributed by atoms with van der Waals surface area (Å²) in [5.74, 6) is 4.16. The van der Waals surface area contributed by atoms with Crippen molar-refractivity contribution in [1.29, 1.82) is 0 Å². The molecule has 2 fully saturated rings. The normalized spacial score (nSPS) is 19.1. The average Bonchev–Trinajstić information content (AvgIpc) is 3.30. The zero-order chi connectivity index (χ0) is 15.6. The summed E-state index contributed by atoms with van der Waals surface area (Å²) in [6.07, 6.45) is 12.4. The van der Waals surface area contributed by atoms with Gasteiger partial charge >= 0.3 is 0 Å². The molecule has 0 amide bonds. The molecule has 0 aromatic carbocycles. The third-order valence-corrected chi connectivity index (χ3v) is 4.90. The molecule has 23 heavy (non-hydrogen) atoms. The first-order chi connectivity index (χ1) is 11.3. The number of imidazole rings is 1. The maximum absolute atomic E-state index is 5.34. The van der Waals surface area contributed by atoms with Gasteiger partial charge in [-0.2, -0.15) is 0 Å². The van der Waals surface area contributed by atoms with Gasteiger partial charge in [-0.15, -0.1) is 0 Å². The smallest absolute Gasteiger partial charge is 0.257 e. The Kier molecular flexibility index (Phi) is 3.89. The average molecular weight is 313 g/mol. The molecule has 2 aromatic heterocycles. The number of methoxy groups -OCH3 is 1. The number of piperidine rings is 1. The van der Waals surface area contributed by atoms with Crippen molar-refractivity contribution in [2.75, 3.05) is 25.1 Å². The van der Waals surface area contributed by atoms with Crippen molar-refractivity contribution in [3.8, 4) is 5.88 Å². The van der Waals surface area contributed by atoms with Crippen molar-refractivity contribution < 1.29 is 4.74 Å². The molecule has 1 aliphatic carbocycles. The highest BCUT2D eigenvalue weighted by Crippen LogP contribution is 2.34. The van der Waals surface area contributed by atoms with E-state index in [2.05, 4.69) is 30.6 Å². The minimum atomic E-state index is 0.544. The molecule has 0 spiro atoms. The van der Waals surface area contributed by atoms with Crippen LogP contribution >= 0.6 is 0 Å². The van der Waals surface area contributed by atoms with Crippen molar-refractivity contribution >= 4 is 5.82 Å². The van der Waals surface area contributed by atoms with Gasteiger partial charge in [-0.1, -0.05) is 0 Å². The standard InChI is InChI=1S/C17H23N5O/c1-23-17-16(18-6-7-20-17)21-9-4-14(5-10-21)15-19-8-11-22(15)12-13-2-3-13/h6-8,11,13-14H,2-5,9-10,12H2,1H3. The summed E-state index contributed by atoms with van der Waals surface area (Å²) in [5.41, 5.74) is 0. The summed E-state index contributed by atoms with van der Waals surface area (Å²) in [5, 5.41) is 0. The highest BCUT2D eigenvalue weighted by atomic mass is 16.5. The maximum atomic E-state index is 5.34. The molecule has 1 aliphatic heterocycles. The molecule has 2 aliphatic rings. The zero-order valence-electron chi connectivity index (χ0n) is 13.6. The molecule has 1 saturated carbocycles. The molecule has 0 bridgehead atoms. The first kappa shape index (κ1) is 14.5. The van der Waals surface area contributed by atoms with Crippen LogP contribution in [0.1, 0.15) is 37.4 Å². The van der Waals surface area contributed by atoms with E-state index in [4.69, 9.17) is 4.74 Å². The van der Waals surface area contributed by atoms with Gasteiger partial charge in [0, 0.05) is 50.3 Å². The number of nitrogens with zero attached hydrogens (tertiary/aromatic N) is 5. The molecule has 0 radical (unpaired) electrons. The van der Waals surface area contributed by atoms with Crippen LogP contribution in [0.15, 0.2) is 24.8 Å². The van der Waals surface area contributed by atoms with Crippen LogP contribution in [-0.4, -0.2) is 39.7 Å². The third-order valence-electron chi connectivity index (χ3n) is 4.90. The minimum Gasteiger partial charge on any atom is -0.478 e. The van der Waals surface area contributed by atoms with Gasteiger partial charge in [-0.05, 0) is 31.6 Å². The first-order valence-electron chi connectivity index (χ1n) is 8.46. The van der Waals surface area contributed by atoms with Crippen molar-refractivity contribution in [2.24, 2.45) is 5.92 Å². The Morgan fingerprint density at radius 3 is 2.57 bits per heavy atom. The lowest BCUT2D eigenvalue weighted by Crippen LogP contribution is -2.34. The van der Waals surface area contributed by atoms with Crippen molar-refractivity contribution in [3.05, 3.63) is 30.6 Å². The molecular weight excluding hydrogens is 290 g/mol. The molecule has 6 nitrogen and oxygen atoms in total. The van der Waals surface area contributed by atoms with Crippen molar-refractivity contribution in [2.45, 2.75) is 38.1 Å². The van der Waals surface area contributed by atoms with Crippen molar-refractivity contribution in [3.63, 3.8) is 0 Å². The SMILES string of the molecule is COc1nccnc1N1CCC(c2nccn2CC2CC2)CC1. The lowest BCUT2D eigenvalue weighted by Gasteiger charge is -2.33. The van der Waals surface area contributed by atoms with E-state index in [0.717, 1.165) is 44.2 Å². The van der Waals surface area contributed by atoms with E-state index in [9.17, 15) is 0 Å². The van der Waals surface area contributed by atoms with E-state index in [1.807, 2.05) is 6.20 Å². The summed E-state index contributed by atoms with van der Waals surface area (Å²) >= 11 is 0. The second-order valence-electron chi connectivity index (χ2n) is 6.53. The summed E-state index contributed by atoms with van der Waals surface area (Å²) < 4.78 is 7.71. The summed E-state index contributed by atoms with van der Waals surface area (Å²) in [4.78, 5) is 15.6. The molecule has 1 saturated heterocycles. The second-order valence-corrected chi connectivity index (χ2v) is 6.53. The Morgan fingerprint density at radius 2 is 1.83 bits per heavy atom. The van der Waals surface area contributed by atoms with Gasteiger partial charge in [-0.25, -0.2) is 15.0 Å². The van der Waals surface area contributed by atoms with Crippen LogP contribution in [0.2, 0.25) is 0 Å². The largest absolute Gasteiger partial charge is 0.478 e. The molecule has 3 heterocycles. The van der Waals surface area contributed by atoms with Crippen molar-refractivity contribution in [1.82, 2.24) is 19.5 Å². The number of rotatable bonds is 5.